The molecular weight excluding hydrogens is 360 g/mol. The van der Waals surface area contributed by atoms with Crippen molar-refractivity contribution in [2.45, 2.75) is 52.5 Å². The number of esters is 1. The maximum absolute atomic E-state index is 12.4. The van der Waals surface area contributed by atoms with E-state index in [4.69, 9.17) is 10.5 Å². The van der Waals surface area contributed by atoms with Crippen LogP contribution in [0.25, 0.3) is 0 Å². The minimum atomic E-state index is 0.0221. The molecule has 2 heterocycles. The summed E-state index contributed by atoms with van der Waals surface area (Å²) in [6.45, 7) is 5.04. The maximum atomic E-state index is 12.4. The summed E-state index contributed by atoms with van der Waals surface area (Å²) in [6, 6.07) is 0. The van der Waals surface area contributed by atoms with E-state index in [1.807, 2.05) is 6.92 Å². The molecule has 2 aliphatic rings. The number of ether oxygens (including phenoxy) is 1. The van der Waals surface area contributed by atoms with E-state index in [0.29, 0.717) is 30.7 Å². The molecule has 0 radical (unpaired) electrons. The van der Waals surface area contributed by atoms with Crippen molar-refractivity contribution in [3.8, 4) is 0 Å². The number of carbonyl (C=O) groups is 1. The number of nitrogens with zero attached hydrogens (tertiary/aromatic N) is 3. The summed E-state index contributed by atoms with van der Waals surface area (Å²) in [4.78, 5) is 22.1. The molecule has 0 amide bonds. The number of fused-ring (bicyclic) bond motifs is 2. The number of anilines is 1. The van der Waals surface area contributed by atoms with Crippen LogP contribution < -0.4 is 10.3 Å². The van der Waals surface area contributed by atoms with Crippen molar-refractivity contribution >= 4 is 23.1 Å². The minimum Gasteiger partial charge on any atom is -0.465 e. The SMILES string of the molecule is Cc1ncc(C[n+]2csc(CCOC(=O)[C@@H]3C[C@H]4CC[C@@H]3C4)c2C)c(N)n1. The Kier molecular flexibility index (Phi) is 5.12. The summed E-state index contributed by atoms with van der Waals surface area (Å²) in [5.41, 5.74) is 10.2. The number of carbonyl (C=O) groups excluding carboxylic acids is 1. The van der Waals surface area contributed by atoms with Gasteiger partial charge in [0.25, 0.3) is 0 Å². The average Bonchev–Trinajstić information content (AvgIpc) is 3.35. The fraction of sp³-hybridized carbons (Fsp3) is 0.600. The van der Waals surface area contributed by atoms with E-state index < -0.39 is 0 Å². The molecule has 2 aromatic rings. The zero-order valence-corrected chi connectivity index (χ0v) is 16.8. The topological polar surface area (TPSA) is 82.0 Å². The molecule has 2 bridgehead atoms. The monoisotopic (exact) mass is 387 g/mol. The van der Waals surface area contributed by atoms with Crippen LogP contribution in [0.5, 0.6) is 0 Å². The fourth-order valence-electron chi connectivity index (χ4n) is 4.55. The van der Waals surface area contributed by atoms with Crippen LogP contribution in [0.2, 0.25) is 0 Å². The second-order valence-electron chi connectivity index (χ2n) is 7.89. The predicted molar refractivity (Wildman–Crippen MR) is 103 cm³/mol. The summed E-state index contributed by atoms with van der Waals surface area (Å²) < 4.78 is 7.77. The molecule has 0 unspecified atom stereocenters. The quantitative estimate of drug-likeness (QED) is 0.609. The van der Waals surface area contributed by atoms with Gasteiger partial charge in [-0.05, 0) is 38.0 Å². The molecule has 7 heteroatoms. The third-order valence-corrected chi connectivity index (χ3v) is 7.27. The number of nitrogens with two attached hydrogens (primary N) is 1. The molecule has 4 rings (SSSR count). The van der Waals surface area contributed by atoms with Gasteiger partial charge in [-0.15, -0.1) is 0 Å². The minimum absolute atomic E-state index is 0.0221. The molecule has 2 aromatic heterocycles. The smallest absolute Gasteiger partial charge is 0.309 e. The molecule has 0 aliphatic heterocycles. The molecule has 27 heavy (non-hydrogen) atoms. The molecule has 2 aliphatic carbocycles. The van der Waals surface area contributed by atoms with E-state index in [0.717, 1.165) is 24.3 Å². The van der Waals surface area contributed by atoms with Crippen LogP contribution >= 0.6 is 11.3 Å². The highest BCUT2D eigenvalue weighted by Crippen LogP contribution is 2.48. The van der Waals surface area contributed by atoms with E-state index in [9.17, 15) is 4.79 Å². The van der Waals surface area contributed by atoms with Crippen molar-refractivity contribution in [1.82, 2.24) is 9.97 Å². The van der Waals surface area contributed by atoms with Gasteiger partial charge in [0.2, 0.25) is 5.51 Å². The lowest BCUT2D eigenvalue weighted by atomic mass is 9.89. The Morgan fingerprint density at radius 2 is 2.22 bits per heavy atom. The lowest BCUT2D eigenvalue weighted by Crippen LogP contribution is -2.35. The van der Waals surface area contributed by atoms with E-state index in [1.54, 1.807) is 17.5 Å². The van der Waals surface area contributed by atoms with Gasteiger partial charge < -0.3 is 10.5 Å². The summed E-state index contributed by atoms with van der Waals surface area (Å²) >= 11 is 1.69. The fourth-order valence-corrected chi connectivity index (χ4v) is 5.53. The zero-order valence-electron chi connectivity index (χ0n) is 16.0. The van der Waals surface area contributed by atoms with E-state index >= 15 is 0 Å². The van der Waals surface area contributed by atoms with Crippen molar-refractivity contribution < 1.29 is 14.1 Å². The highest BCUT2D eigenvalue weighted by Gasteiger charge is 2.43. The van der Waals surface area contributed by atoms with Gasteiger partial charge in [0.15, 0.2) is 12.2 Å². The molecule has 6 nitrogen and oxygen atoms in total. The van der Waals surface area contributed by atoms with Gasteiger partial charge in [0.05, 0.1) is 23.0 Å². The second kappa shape index (κ2) is 7.54. The first-order chi connectivity index (χ1) is 13.0. The molecule has 2 saturated carbocycles. The number of hydrogen-bond acceptors (Lipinski definition) is 6. The largest absolute Gasteiger partial charge is 0.465 e. The van der Waals surface area contributed by atoms with Gasteiger partial charge in [-0.3, -0.25) is 4.79 Å². The normalized spacial score (nSPS) is 23.7. The highest BCUT2D eigenvalue weighted by molar-refractivity contribution is 7.09. The van der Waals surface area contributed by atoms with Crippen LogP contribution in [-0.4, -0.2) is 22.5 Å². The van der Waals surface area contributed by atoms with Gasteiger partial charge in [-0.25, -0.2) is 9.97 Å². The van der Waals surface area contributed by atoms with Gasteiger partial charge >= 0.3 is 5.97 Å². The van der Waals surface area contributed by atoms with Crippen molar-refractivity contribution in [2.24, 2.45) is 17.8 Å². The Morgan fingerprint density at radius 1 is 1.37 bits per heavy atom. The molecule has 0 aromatic carbocycles. The summed E-state index contributed by atoms with van der Waals surface area (Å²) in [5.74, 6) is 2.74. The first-order valence-corrected chi connectivity index (χ1v) is 10.6. The van der Waals surface area contributed by atoms with Crippen molar-refractivity contribution in [3.63, 3.8) is 0 Å². The third-order valence-electron chi connectivity index (χ3n) is 6.13. The van der Waals surface area contributed by atoms with Crippen molar-refractivity contribution in [3.05, 3.63) is 33.7 Å². The molecular formula is C20H27N4O2S+. The molecule has 2 fully saturated rings. The van der Waals surface area contributed by atoms with E-state index in [1.165, 1.54) is 29.8 Å². The maximum Gasteiger partial charge on any atom is 0.309 e. The van der Waals surface area contributed by atoms with Gasteiger partial charge in [-0.2, -0.15) is 4.57 Å². The number of aromatic nitrogens is 3. The van der Waals surface area contributed by atoms with E-state index in [2.05, 4.69) is 27.0 Å². The Labute approximate surface area is 163 Å². The number of hydrogen-bond donors (Lipinski definition) is 1. The summed E-state index contributed by atoms with van der Waals surface area (Å²) in [7, 11) is 0. The van der Waals surface area contributed by atoms with Gasteiger partial charge in [0, 0.05) is 19.5 Å². The van der Waals surface area contributed by atoms with Gasteiger partial charge in [-0.1, -0.05) is 17.8 Å². The molecule has 144 valence electrons. The Morgan fingerprint density at radius 3 is 2.93 bits per heavy atom. The van der Waals surface area contributed by atoms with Crippen LogP contribution in [-0.2, 0) is 22.5 Å². The highest BCUT2D eigenvalue weighted by atomic mass is 32.1. The van der Waals surface area contributed by atoms with Crippen molar-refractivity contribution in [1.29, 1.82) is 0 Å². The first-order valence-electron chi connectivity index (χ1n) is 9.72. The molecule has 2 N–H and O–H groups in total. The van der Waals surface area contributed by atoms with Crippen LogP contribution in [0.4, 0.5) is 5.82 Å². The summed E-state index contributed by atoms with van der Waals surface area (Å²) in [5, 5.41) is 0. The summed E-state index contributed by atoms with van der Waals surface area (Å²) in [6.07, 6.45) is 7.34. The average molecular weight is 388 g/mol. The lowest BCUT2D eigenvalue weighted by Gasteiger charge is -2.19. The second-order valence-corrected chi connectivity index (χ2v) is 8.83. The van der Waals surface area contributed by atoms with Crippen LogP contribution in [0.3, 0.4) is 0 Å². The van der Waals surface area contributed by atoms with Gasteiger partial charge in [0.1, 0.15) is 11.6 Å². The third kappa shape index (κ3) is 3.83. The van der Waals surface area contributed by atoms with Crippen LogP contribution in [0.15, 0.2) is 11.7 Å². The predicted octanol–water partition coefficient (Wildman–Crippen LogP) is 2.59. The van der Waals surface area contributed by atoms with Crippen molar-refractivity contribution in [2.75, 3.05) is 12.3 Å². The standard InChI is InChI=1S/C20H27N4O2S/c1-12-18(5-6-26-20(25)17-8-14-3-4-15(17)7-14)27-11-24(12)10-16-9-22-13(2)23-19(16)21/h9,11,14-15,17H,3-8,10H2,1-2H3,(H2,21,22,23)/q+1/t14-,15+,17+/m0/s1. The van der Waals surface area contributed by atoms with Crippen LogP contribution in [0, 0.1) is 31.6 Å². The Balaban J connectivity index is 1.32. The number of thiazole rings is 1. The molecule has 0 saturated heterocycles. The van der Waals surface area contributed by atoms with E-state index in [-0.39, 0.29) is 11.9 Å². The Hall–Kier alpha value is -2.02. The zero-order chi connectivity index (χ0) is 19.0. The number of rotatable bonds is 6. The molecule has 3 atom stereocenters. The number of aryl methyl sites for hydroxylation is 1. The van der Waals surface area contributed by atoms with Crippen LogP contribution in [0.1, 0.15) is 47.6 Å². The first kappa shape index (κ1) is 18.3. The Bertz CT molecular complexity index is 851. The number of nitrogen functional groups attached to an aromatic ring is 1. The molecule has 0 spiro atoms. The lowest BCUT2D eigenvalue weighted by molar-refractivity contribution is -0.689.